The lowest BCUT2D eigenvalue weighted by molar-refractivity contribution is -0.0505. The molecule has 1 aliphatic rings. The van der Waals surface area contributed by atoms with Crippen LogP contribution in [0.1, 0.15) is 6.23 Å². The molecule has 13 nitrogen and oxygen atoms in total. The summed E-state index contributed by atoms with van der Waals surface area (Å²) in [6.07, 6.45) is -4.42. The number of ether oxygens (including phenoxy) is 1. The van der Waals surface area contributed by atoms with Gasteiger partial charge in [-0.3, -0.25) is 18.9 Å². The van der Waals surface area contributed by atoms with Gasteiger partial charge in [-0.1, -0.05) is 0 Å². The number of nitrogens with one attached hydrogen (secondary N) is 1. The third-order valence-electron chi connectivity index (χ3n) is 3.48. The lowest BCUT2D eigenvalue weighted by Crippen LogP contribution is -2.34. The standard InChI is InChI=1S/C10H14N5O8P/c11-10-13-7-4(8(18)14-10)12-2-15(7)9-6(23-24(19,20)21)5(17)3(1-16)22-9/h2-3,5-6,9,16-17H,1H2,(H2,19,20,21)(H3,11,13,14,18)/t3-,5-,6-,9-/m1/s1. The van der Waals surface area contributed by atoms with Gasteiger partial charge in [0.05, 0.1) is 12.9 Å². The van der Waals surface area contributed by atoms with Gasteiger partial charge in [0.2, 0.25) is 5.95 Å². The number of phosphoric acid groups is 1. The molecule has 3 heterocycles. The molecule has 1 fully saturated rings. The van der Waals surface area contributed by atoms with Crippen molar-refractivity contribution in [3.05, 3.63) is 16.7 Å². The van der Waals surface area contributed by atoms with Crippen LogP contribution in [-0.4, -0.2) is 64.4 Å². The van der Waals surface area contributed by atoms with E-state index in [2.05, 4.69) is 19.5 Å². The fraction of sp³-hybridized carbons (Fsp3) is 0.500. The van der Waals surface area contributed by atoms with Crippen molar-refractivity contribution in [1.82, 2.24) is 19.5 Å². The molecular weight excluding hydrogens is 349 g/mol. The monoisotopic (exact) mass is 363 g/mol. The van der Waals surface area contributed by atoms with Gasteiger partial charge >= 0.3 is 7.82 Å². The second-order valence-electron chi connectivity index (χ2n) is 5.07. The van der Waals surface area contributed by atoms with Crippen LogP contribution in [0.25, 0.3) is 11.2 Å². The minimum absolute atomic E-state index is 0.0358. The molecule has 0 amide bonds. The summed E-state index contributed by atoms with van der Waals surface area (Å²) in [5, 5.41) is 19.3. The predicted molar refractivity (Wildman–Crippen MR) is 76.5 cm³/mol. The van der Waals surface area contributed by atoms with Gasteiger partial charge in [-0.15, -0.1) is 0 Å². The SMILES string of the molecule is Nc1nc2c(ncn2[C@@H]2O[C@H](CO)[C@@H](O)[C@H]2OP(=O)(O)O)c(=O)[nH]1. The summed E-state index contributed by atoms with van der Waals surface area (Å²) in [4.78, 5) is 39.8. The van der Waals surface area contributed by atoms with Crippen LogP contribution in [0, 0.1) is 0 Å². The number of aromatic nitrogens is 4. The van der Waals surface area contributed by atoms with E-state index in [1.54, 1.807) is 0 Å². The van der Waals surface area contributed by atoms with Crippen LogP contribution < -0.4 is 11.3 Å². The topological polar surface area (TPSA) is 206 Å². The van der Waals surface area contributed by atoms with Crippen molar-refractivity contribution in [2.45, 2.75) is 24.5 Å². The molecule has 7 N–H and O–H groups in total. The lowest BCUT2D eigenvalue weighted by atomic mass is 10.1. The Morgan fingerprint density at radius 3 is 2.83 bits per heavy atom. The molecule has 132 valence electrons. The molecule has 0 aromatic carbocycles. The first-order chi connectivity index (χ1) is 11.2. The molecule has 3 rings (SSSR count). The third-order valence-corrected chi connectivity index (χ3v) is 3.99. The quantitative estimate of drug-likeness (QED) is 0.311. The van der Waals surface area contributed by atoms with Crippen molar-refractivity contribution in [3.63, 3.8) is 0 Å². The van der Waals surface area contributed by atoms with E-state index in [1.165, 1.54) is 0 Å². The van der Waals surface area contributed by atoms with Gasteiger partial charge < -0.3 is 30.5 Å². The number of hydrogen-bond donors (Lipinski definition) is 6. The molecule has 14 heteroatoms. The Balaban J connectivity index is 2.09. The van der Waals surface area contributed by atoms with Gasteiger partial charge in [-0.2, -0.15) is 4.98 Å². The maximum atomic E-state index is 11.8. The average Bonchev–Trinajstić information content (AvgIpc) is 3.00. The summed E-state index contributed by atoms with van der Waals surface area (Å²) in [5.41, 5.74) is 4.72. The zero-order valence-electron chi connectivity index (χ0n) is 11.9. The summed E-state index contributed by atoms with van der Waals surface area (Å²) in [7, 11) is -4.98. The highest BCUT2D eigenvalue weighted by atomic mass is 31.2. The fourth-order valence-electron chi connectivity index (χ4n) is 2.49. The van der Waals surface area contributed by atoms with Crippen LogP contribution >= 0.6 is 7.82 Å². The number of nitrogen functional groups attached to an aromatic ring is 1. The average molecular weight is 363 g/mol. The molecular formula is C10H14N5O8P. The molecule has 2 aromatic rings. The number of phosphoric ester groups is 1. The molecule has 1 aliphatic heterocycles. The number of H-pyrrole nitrogens is 1. The van der Waals surface area contributed by atoms with Gasteiger partial charge in [0, 0.05) is 0 Å². The minimum Gasteiger partial charge on any atom is -0.394 e. The highest BCUT2D eigenvalue weighted by molar-refractivity contribution is 7.46. The van der Waals surface area contributed by atoms with Crippen molar-refractivity contribution in [2.75, 3.05) is 12.3 Å². The first kappa shape index (κ1) is 17.0. The molecule has 0 bridgehead atoms. The molecule has 2 aromatic heterocycles. The Labute approximate surface area is 132 Å². The summed E-state index contributed by atoms with van der Waals surface area (Å²) in [5.74, 6) is -0.209. The molecule has 0 saturated carbocycles. The number of aliphatic hydroxyl groups excluding tert-OH is 2. The van der Waals surface area contributed by atoms with E-state index in [-0.39, 0.29) is 17.1 Å². The molecule has 0 radical (unpaired) electrons. The zero-order valence-corrected chi connectivity index (χ0v) is 12.8. The highest BCUT2D eigenvalue weighted by Crippen LogP contribution is 2.44. The third kappa shape index (κ3) is 2.93. The van der Waals surface area contributed by atoms with Crippen molar-refractivity contribution >= 4 is 24.9 Å². The van der Waals surface area contributed by atoms with E-state index >= 15 is 0 Å². The number of nitrogens with zero attached hydrogens (tertiary/aromatic N) is 3. The van der Waals surface area contributed by atoms with E-state index in [4.69, 9.17) is 20.3 Å². The number of nitrogens with two attached hydrogens (primary N) is 1. The number of aliphatic hydroxyl groups is 2. The van der Waals surface area contributed by atoms with Crippen LogP contribution in [0.2, 0.25) is 0 Å². The van der Waals surface area contributed by atoms with Gasteiger partial charge in [0.25, 0.3) is 5.56 Å². The summed E-state index contributed by atoms with van der Waals surface area (Å²) < 4.78 is 22.2. The highest BCUT2D eigenvalue weighted by Gasteiger charge is 2.48. The maximum absolute atomic E-state index is 11.8. The van der Waals surface area contributed by atoms with Gasteiger partial charge in [0.1, 0.15) is 18.3 Å². The Kier molecular flexibility index (Phi) is 4.17. The Morgan fingerprint density at radius 1 is 1.50 bits per heavy atom. The van der Waals surface area contributed by atoms with E-state index in [0.717, 1.165) is 10.9 Å². The number of hydrogen-bond acceptors (Lipinski definition) is 9. The van der Waals surface area contributed by atoms with Crippen LogP contribution in [0.4, 0.5) is 5.95 Å². The number of anilines is 1. The minimum atomic E-state index is -4.98. The Hall–Kier alpha value is -1.86. The second kappa shape index (κ2) is 5.89. The fourth-order valence-corrected chi connectivity index (χ4v) is 3.04. The van der Waals surface area contributed by atoms with E-state index in [1.807, 2.05) is 0 Å². The molecule has 0 unspecified atom stereocenters. The second-order valence-corrected chi connectivity index (χ2v) is 6.27. The Morgan fingerprint density at radius 2 is 2.21 bits per heavy atom. The van der Waals surface area contributed by atoms with Crippen LogP contribution in [0.3, 0.4) is 0 Å². The van der Waals surface area contributed by atoms with E-state index in [0.29, 0.717) is 0 Å². The summed E-state index contributed by atoms with van der Waals surface area (Å²) in [6, 6.07) is 0. The van der Waals surface area contributed by atoms with Crippen LogP contribution in [0.5, 0.6) is 0 Å². The van der Waals surface area contributed by atoms with Crippen molar-refractivity contribution in [3.8, 4) is 0 Å². The molecule has 0 aliphatic carbocycles. The lowest BCUT2D eigenvalue weighted by Gasteiger charge is -2.22. The van der Waals surface area contributed by atoms with E-state index in [9.17, 15) is 19.6 Å². The van der Waals surface area contributed by atoms with Crippen LogP contribution in [0.15, 0.2) is 11.1 Å². The number of rotatable bonds is 4. The van der Waals surface area contributed by atoms with Crippen LogP contribution in [-0.2, 0) is 13.8 Å². The van der Waals surface area contributed by atoms with Crippen molar-refractivity contribution in [2.24, 2.45) is 0 Å². The van der Waals surface area contributed by atoms with Gasteiger partial charge in [0.15, 0.2) is 17.4 Å². The number of fused-ring (bicyclic) bond motifs is 1. The first-order valence-corrected chi connectivity index (χ1v) is 8.15. The normalized spacial score (nSPS) is 27.8. The zero-order chi connectivity index (χ0) is 17.6. The molecule has 1 saturated heterocycles. The number of imidazole rings is 1. The van der Waals surface area contributed by atoms with Crippen molar-refractivity contribution in [1.29, 1.82) is 0 Å². The summed E-state index contributed by atoms with van der Waals surface area (Å²) >= 11 is 0. The largest absolute Gasteiger partial charge is 0.470 e. The number of aromatic amines is 1. The maximum Gasteiger partial charge on any atom is 0.470 e. The predicted octanol–water partition coefficient (Wildman–Crippen LogP) is -2.57. The molecule has 24 heavy (non-hydrogen) atoms. The van der Waals surface area contributed by atoms with E-state index < -0.39 is 44.5 Å². The summed E-state index contributed by atoms with van der Waals surface area (Å²) in [6.45, 7) is -0.624. The molecule has 0 spiro atoms. The Bertz CT molecular complexity index is 861. The van der Waals surface area contributed by atoms with Crippen molar-refractivity contribution < 1.29 is 33.8 Å². The smallest absolute Gasteiger partial charge is 0.394 e. The van der Waals surface area contributed by atoms with Gasteiger partial charge in [-0.25, -0.2) is 9.55 Å². The van der Waals surface area contributed by atoms with Gasteiger partial charge in [-0.05, 0) is 0 Å². The molecule has 4 atom stereocenters. The first-order valence-electron chi connectivity index (χ1n) is 6.62.